The molecule has 2 nitrogen and oxygen atoms in total. The Bertz CT molecular complexity index is 150. The van der Waals surface area contributed by atoms with E-state index in [4.69, 9.17) is 4.74 Å². The van der Waals surface area contributed by atoms with Gasteiger partial charge < -0.3 is 10.1 Å². The van der Waals surface area contributed by atoms with Crippen LogP contribution in [0.5, 0.6) is 0 Å². The third kappa shape index (κ3) is 3.28. The van der Waals surface area contributed by atoms with E-state index in [1.807, 2.05) is 0 Å². The molecule has 13 heavy (non-hydrogen) atoms. The van der Waals surface area contributed by atoms with Crippen molar-refractivity contribution in [1.29, 1.82) is 0 Å². The summed E-state index contributed by atoms with van der Waals surface area (Å²) in [5.41, 5.74) is 0. The van der Waals surface area contributed by atoms with Crippen molar-refractivity contribution in [2.75, 3.05) is 19.8 Å². The summed E-state index contributed by atoms with van der Waals surface area (Å²) >= 11 is 0. The van der Waals surface area contributed by atoms with E-state index in [9.17, 15) is 0 Å². The minimum Gasteiger partial charge on any atom is -0.380 e. The molecular formula is C11H21NO. The van der Waals surface area contributed by atoms with Gasteiger partial charge in [-0.2, -0.15) is 0 Å². The summed E-state index contributed by atoms with van der Waals surface area (Å²) in [7, 11) is 0. The Balaban J connectivity index is 1.36. The molecule has 0 amide bonds. The lowest BCUT2D eigenvalue weighted by molar-refractivity contribution is 0.117. The van der Waals surface area contributed by atoms with Crippen LogP contribution in [-0.2, 0) is 4.74 Å². The first-order valence-electron chi connectivity index (χ1n) is 5.65. The van der Waals surface area contributed by atoms with Crippen LogP contribution < -0.4 is 5.32 Å². The predicted octanol–water partition coefficient (Wildman–Crippen LogP) is 1.80. The van der Waals surface area contributed by atoms with E-state index in [1.165, 1.54) is 25.7 Å². The predicted molar refractivity (Wildman–Crippen MR) is 53.7 cm³/mol. The van der Waals surface area contributed by atoms with Crippen molar-refractivity contribution in [2.24, 2.45) is 11.8 Å². The van der Waals surface area contributed by atoms with E-state index in [-0.39, 0.29) is 0 Å². The Labute approximate surface area is 81.0 Å². The second-order valence-corrected chi connectivity index (χ2v) is 4.75. The molecule has 2 aliphatic rings. The minimum atomic E-state index is 0.791. The van der Waals surface area contributed by atoms with Crippen molar-refractivity contribution in [3.05, 3.63) is 0 Å². The Morgan fingerprint density at radius 2 is 2.08 bits per heavy atom. The normalized spacial score (nSPS) is 33.0. The van der Waals surface area contributed by atoms with Gasteiger partial charge in [0.25, 0.3) is 0 Å². The van der Waals surface area contributed by atoms with Crippen LogP contribution in [0.15, 0.2) is 0 Å². The third-order valence-corrected chi connectivity index (χ3v) is 3.10. The van der Waals surface area contributed by atoms with E-state index in [1.54, 1.807) is 0 Å². The molecular weight excluding hydrogens is 162 g/mol. The van der Waals surface area contributed by atoms with Gasteiger partial charge in [0, 0.05) is 19.2 Å². The monoisotopic (exact) mass is 183 g/mol. The molecule has 2 fully saturated rings. The van der Waals surface area contributed by atoms with E-state index >= 15 is 0 Å². The van der Waals surface area contributed by atoms with Crippen molar-refractivity contribution < 1.29 is 4.74 Å². The highest BCUT2D eigenvalue weighted by atomic mass is 16.5. The van der Waals surface area contributed by atoms with Crippen molar-refractivity contribution >= 4 is 0 Å². The molecule has 0 bridgehead atoms. The summed E-state index contributed by atoms with van der Waals surface area (Å²) in [6.45, 7) is 5.27. The second-order valence-electron chi connectivity index (χ2n) is 4.75. The van der Waals surface area contributed by atoms with Crippen molar-refractivity contribution in [3.8, 4) is 0 Å². The summed E-state index contributed by atoms with van der Waals surface area (Å²) in [5, 5.41) is 3.52. The molecule has 0 unspecified atom stereocenters. The number of ether oxygens (including phenoxy) is 1. The highest BCUT2D eigenvalue weighted by Gasteiger charge is 2.24. The third-order valence-electron chi connectivity index (χ3n) is 3.10. The zero-order valence-corrected chi connectivity index (χ0v) is 8.59. The fraction of sp³-hybridized carbons (Fsp3) is 1.00. The molecule has 0 spiro atoms. The minimum absolute atomic E-state index is 0.791. The van der Waals surface area contributed by atoms with Gasteiger partial charge in [0.05, 0.1) is 6.61 Å². The first-order chi connectivity index (χ1) is 6.34. The van der Waals surface area contributed by atoms with E-state index < -0.39 is 0 Å². The number of hydrogen-bond donors (Lipinski definition) is 1. The molecule has 0 atom stereocenters. The maximum atomic E-state index is 5.54. The van der Waals surface area contributed by atoms with Gasteiger partial charge in [0.2, 0.25) is 0 Å². The first kappa shape index (κ1) is 9.47. The molecule has 2 heteroatoms. The van der Waals surface area contributed by atoms with Gasteiger partial charge in [-0.15, -0.1) is 0 Å². The van der Waals surface area contributed by atoms with Crippen molar-refractivity contribution in [1.82, 2.24) is 5.32 Å². The quantitative estimate of drug-likeness (QED) is 0.634. The molecule has 0 aromatic carbocycles. The van der Waals surface area contributed by atoms with Crippen LogP contribution in [-0.4, -0.2) is 25.8 Å². The summed E-state index contributed by atoms with van der Waals surface area (Å²) in [6, 6.07) is 0.791. The smallest absolute Gasteiger partial charge is 0.0591 e. The summed E-state index contributed by atoms with van der Waals surface area (Å²) in [6.07, 6.45) is 5.52. The Morgan fingerprint density at radius 3 is 2.69 bits per heavy atom. The molecule has 1 N–H and O–H groups in total. The number of nitrogens with one attached hydrogen (secondary N) is 1. The van der Waals surface area contributed by atoms with Gasteiger partial charge >= 0.3 is 0 Å². The largest absolute Gasteiger partial charge is 0.380 e. The van der Waals surface area contributed by atoms with Gasteiger partial charge in [-0.25, -0.2) is 0 Å². The SMILES string of the molecule is CC1CC(NCCOCC2CC2)C1. The van der Waals surface area contributed by atoms with Crippen LogP contribution in [0, 0.1) is 11.8 Å². The molecule has 2 rings (SSSR count). The lowest BCUT2D eigenvalue weighted by Crippen LogP contribution is -2.41. The van der Waals surface area contributed by atoms with Crippen molar-refractivity contribution in [2.45, 2.75) is 38.6 Å². The zero-order valence-electron chi connectivity index (χ0n) is 8.59. The zero-order chi connectivity index (χ0) is 9.10. The highest BCUT2D eigenvalue weighted by molar-refractivity contribution is 4.81. The van der Waals surface area contributed by atoms with Gasteiger partial charge in [-0.05, 0) is 37.5 Å². The van der Waals surface area contributed by atoms with Crippen LogP contribution >= 0.6 is 0 Å². The molecule has 0 aromatic rings. The van der Waals surface area contributed by atoms with E-state index in [0.717, 1.165) is 37.6 Å². The maximum absolute atomic E-state index is 5.54. The standard InChI is InChI=1S/C11H21NO/c1-9-6-11(7-9)12-4-5-13-8-10-2-3-10/h9-12H,2-8H2,1H3. The summed E-state index contributed by atoms with van der Waals surface area (Å²) < 4.78 is 5.54. The Morgan fingerprint density at radius 1 is 1.31 bits per heavy atom. The Kier molecular flexibility index (Phi) is 3.23. The van der Waals surface area contributed by atoms with Crippen LogP contribution in [0.1, 0.15) is 32.6 Å². The Hall–Kier alpha value is -0.0800. The van der Waals surface area contributed by atoms with Gasteiger partial charge in [0.15, 0.2) is 0 Å². The molecule has 2 aliphatic carbocycles. The first-order valence-corrected chi connectivity index (χ1v) is 5.65. The molecule has 0 heterocycles. The lowest BCUT2D eigenvalue weighted by atomic mass is 9.82. The summed E-state index contributed by atoms with van der Waals surface area (Å²) in [5.74, 6) is 1.86. The second kappa shape index (κ2) is 4.43. The van der Waals surface area contributed by atoms with E-state index in [0.29, 0.717) is 0 Å². The van der Waals surface area contributed by atoms with Crippen LogP contribution in [0.3, 0.4) is 0 Å². The van der Waals surface area contributed by atoms with Crippen LogP contribution in [0.2, 0.25) is 0 Å². The van der Waals surface area contributed by atoms with Gasteiger partial charge in [-0.1, -0.05) is 6.92 Å². The summed E-state index contributed by atoms with van der Waals surface area (Å²) in [4.78, 5) is 0. The van der Waals surface area contributed by atoms with Crippen LogP contribution in [0.4, 0.5) is 0 Å². The fourth-order valence-corrected chi connectivity index (χ4v) is 1.94. The highest BCUT2D eigenvalue weighted by Crippen LogP contribution is 2.28. The molecule has 0 aliphatic heterocycles. The number of hydrogen-bond acceptors (Lipinski definition) is 2. The average Bonchev–Trinajstić information content (AvgIpc) is 2.84. The molecule has 0 radical (unpaired) electrons. The average molecular weight is 183 g/mol. The van der Waals surface area contributed by atoms with Crippen LogP contribution in [0.25, 0.3) is 0 Å². The topological polar surface area (TPSA) is 21.3 Å². The fourth-order valence-electron chi connectivity index (χ4n) is 1.94. The maximum Gasteiger partial charge on any atom is 0.0591 e. The number of rotatable bonds is 6. The molecule has 2 saturated carbocycles. The van der Waals surface area contributed by atoms with Gasteiger partial charge in [0.1, 0.15) is 0 Å². The van der Waals surface area contributed by atoms with Crippen molar-refractivity contribution in [3.63, 3.8) is 0 Å². The van der Waals surface area contributed by atoms with E-state index in [2.05, 4.69) is 12.2 Å². The lowest BCUT2D eigenvalue weighted by Gasteiger charge is -2.33. The molecule has 0 aromatic heterocycles. The molecule has 76 valence electrons. The van der Waals surface area contributed by atoms with Gasteiger partial charge in [-0.3, -0.25) is 0 Å². The molecule has 0 saturated heterocycles.